The summed E-state index contributed by atoms with van der Waals surface area (Å²) in [6, 6.07) is 17.5. The molecule has 0 aliphatic heterocycles. The topological polar surface area (TPSA) is 125 Å². The summed E-state index contributed by atoms with van der Waals surface area (Å²) in [5.74, 6) is -1.82. The first kappa shape index (κ1) is 22.6. The van der Waals surface area contributed by atoms with Gasteiger partial charge in [0.05, 0.1) is 0 Å². The van der Waals surface area contributed by atoms with Gasteiger partial charge in [-0.25, -0.2) is 4.79 Å². The second kappa shape index (κ2) is 11.4. The molecule has 0 aromatic heterocycles. The number of amides is 2. The summed E-state index contributed by atoms with van der Waals surface area (Å²) in [5.41, 5.74) is 1.20. The molecule has 8 nitrogen and oxygen atoms in total. The summed E-state index contributed by atoms with van der Waals surface area (Å²) in [6.07, 6.45) is 0.420. The first-order chi connectivity index (χ1) is 13.9. The molecule has 0 fully saturated rings. The Morgan fingerprint density at radius 3 is 2.21 bits per heavy atom. The van der Waals surface area contributed by atoms with Gasteiger partial charge in [0.15, 0.2) is 0 Å². The number of nitrogens with one attached hydrogen (secondary N) is 2. The van der Waals surface area contributed by atoms with Crippen molar-refractivity contribution in [2.45, 2.75) is 31.7 Å². The lowest BCUT2D eigenvalue weighted by atomic mass is 10.2. The van der Waals surface area contributed by atoms with E-state index in [1.807, 2.05) is 30.3 Å². The molecule has 9 heteroatoms. The van der Waals surface area contributed by atoms with Crippen LogP contribution >= 0.6 is 7.60 Å². The summed E-state index contributed by atoms with van der Waals surface area (Å²) < 4.78 is 16.8. The van der Waals surface area contributed by atoms with Gasteiger partial charge in [0.2, 0.25) is 0 Å². The molecule has 0 heterocycles. The highest BCUT2D eigenvalue weighted by Crippen LogP contribution is 2.42. The second-order valence-corrected chi connectivity index (χ2v) is 8.23. The van der Waals surface area contributed by atoms with Crippen LogP contribution in [0.25, 0.3) is 0 Å². The Kier molecular flexibility index (Phi) is 8.86. The molecule has 2 amide bonds. The molecule has 0 saturated carbocycles. The Labute approximate surface area is 169 Å². The molecule has 1 atom stereocenters. The zero-order valence-corrected chi connectivity index (χ0v) is 16.8. The quantitative estimate of drug-likeness (QED) is 0.346. The summed E-state index contributed by atoms with van der Waals surface area (Å²) >= 11 is 0. The van der Waals surface area contributed by atoms with Gasteiger partial charge in [-0.1, -0.05) is 48.5 Å². The maximum absolute atomic E-state index is 12.1. The molecular formula is C20H25N2O6P. The molecule has 0 bridgehead atoms. The van der Waals surface area contributed by atoms with E-state index in [1.165, 1.54) is 0 Å². The second-order valence-electron chi connectivity index (χ2n) is 6.43. The molecule has 0 aliphatic carbocycles. The minimum atomic E-state index is -4.51. The van der Waals surface area contributed by atoms with Crippen molar-refractivity contribution in [2.24, 2.45) is 0 Å². The third-order valence-corrected chi connectivity index (χ3v) is 5.33. The van der Waals surface area contributed by atoms with Crippen LogP contribution in [0.3, 0.4) is 0 Å². The monoisotopic (exact) mass is 420 g/mol. The standard InChI is InChI=1S/C20H25N2O6P/c23-19(17-11-5-2-6-12-17)22-18(29(25,26)27)13-7-8-14-21-20(24)28-15-16-9-3-1-4-10-16/h1-6,9-12,18H,7-8,13-15H2,(H,21,24)(H,22,23)(H2,25,26,27). The number of carbonyl (C=O) groups is 2. The van der Waals surface area contributed by atoms with Crippen LogP contribution in [-0.2, 0) is 15.9 Å². The van der Waals surface area contributed by atoms with Gasteiger partial charge >= 0.3 is 13.7 Å². The number of hydrogen-bond donors (Lipinski definition) is 4. The Balaban J connectivity index is 1.69. The smallest absolute Gasteiger partial charge is 0.407 e. The van der Waals surface area contributed by atoms with E-state index in [-0.39, 0.29) is 13.0 Å². The number of benzene rings is 2. The first-order valence-corrected chi connectivity index (χ1v) is 10.9. The fraction of sp³-hybridized carbons (Fsp3) is 0.300. The Morgan fingerprint density at radius 2 is 1.59 bits per heavy atom. The van der Waals surface area contributed by atoms with Crippen LogP contribution in [0.2, 0.25) is 0 Å². The van der Waals surface area contributed by atoms with Crippen molar-refractivity contribution in [1.82, 2.24) is 10.6 Å². The maximum atomic E-state index is 12.1. The average molecular weight is 420 g/mol. The summed E-state index contributed by atoms with van der Waals surface area (Å²) in [6.45, 7) is 0.465. The van der Waals surface area contributed by atoms with Gasteiger partial charge in [0, 0.05) is 12.1 Å². The molecule has 1 unspecified atom stereocenters. The van der Waals surface area contributed by atoms with Crippen molar-refractivity contribution in [3.63, 3.8) is 0 Å². The van der Waals surface area contributed by atoms with Crippen LogP contribution in [0.1, 0.15) is 35.2 Å². The minimum absolute atomic E-state index is 0.0869. The molecule has 0 saturated heterocycles. The molecule has 29 heavy (non-hydrogen) atoms. The van der Waals surface area contributed by atoms with E-state index in [1.54, 1.807) is 30.3 Å². The zero-order chi connectivity index (χ0) is 21.1. The van der Waals surface area contributed by atoms with E-state index in [0.717, 1.165) is 5.56 Å². The van der Waals surface area contributed by atoms with Crippen molar-refractivity contribution in [2.75, 3.05) is 6.54 Å². The van der Waals surface area contributed by atoms with E-state index in [4.69, 9.17) is 4.74 Å². The van der Waals surface area contributed by atoms with E-state index in [2.05, 4.69) is 10.6 Å². The van der Waals surface area contributed by atoms with Gasteiger partial charge < -0.3 is 25.2 Å². The lowest BCUT2D eigenvalue weighted by molar-refractivity contribution is 0.0941. The summed E-state index contributed by atoms with van der Waals surface area (Å²) in [7, 11) is -4.51. The van der Waals surface area contributed by atoms with Gasteiger partial charge in [-0.3, -0.25) is 9.36 Å². The van der Waals surface area contributed by atoms with Gasteiger partial charge in [0.1, 0.15) is 12.4 Å². The molecule has 0 radical (unpaired) electrons. The van der Waals surface area contributed by atoms with Crippen LogP contribution in [0.4, 0.5) is 4.79 Å². The highest BCUT2D eigenvalue weighted by molar-refractivity contribution is 7.52. The number of unbranched alkanes of at least 4 members (excludes halogenated alkanes) is 1. The number of carbonyl (C=O) groups excluding carboxylic acids is 2. The lowest BCUT2D eigenvalue weighted by Crippen LogP contribution is -2.35. The third kappa shape index (κ3) is 8.48. The highest BCUT2D eigenvalue weighted by Gasteiger charge is 2.30. The van der Waals surface area contributed by atoms with Gasteiger partial charge in [-0.05, 0) is 37.0 Å². The van der Waals surface area contributed by atoms with Crippen LogP contribution in [0.5, 0.6) is 0 Å². The molecule has 2 aromatic rings. The fourth-order valence-corrected chi connectivity index (χ4v) is 3.38. The summed E-state index contributed by atoms with van der Waals surface area (Å²) in [4.78, 5) is 42.8. The van der Waals surface area contributed by atoms with Crippen molar-refractivity contribution < 1.29 is 28.7 Å². The van der Waals surface area contributed by atoms with E-state index < -0.39 is 25.4 Å². The van der Waals surface area contributed by atoms with E-state index in [9.17, 15) is 23.9 Å². The molecule has 2 rings (SSSR count). The molecule has 2 aromatic carbocycles. The third-order valence-electron chi connectivity index (χ3n) is 4.13. The largest absolute Gasteiger partial charge is 0.445 e. The SMILES string of the molecule is O=C(NCCCCC(NC(=O)c1ccccc1)P(=O)(O)O)OCc1ccccc1. The van der Waals surface area contributed by atoms with E-state index >= 15 is 0 Å². The molecule has 156 valence electrons. The van der Waals surface area contributed by atoms with Crippen LogP contribution < -0.4 is 10.6 Å². The Hall–Kier alpha value is -2.67. The van der Waals surface area contributed by atoms with Gasteiger partial charge in [-0.15, -0.1) is 0 Å². The van der Waals surface area contributed by atoms with Gasteiger partial charge in [0.25, 0.3) is 5.91 Å². The van der Waals surface area contributed by atoms with Crippen molar-refractivity contribution >= 4 is 19.6 Å². The maximum Gasteiger partial charge on any atom is 0.407 e. The van der Waals surface area contributed by atoms with Crippen LogP contribution in [0, 0.1) is 0 Å². The predicted molar refractivity (Wildman–Crippen MR) is 108 cm³/mol. The van der Waals surface area contributed by atoms with Crippen molar-refractivity contribution in [1.29, 1.82) is 0 Å². The summed E-state index contributed by atoms with van der Waals surface area (Å²) in [5, 5.41) is 4.99. The molecular weight excluding hydrogens is 395 g/mol. The Bertz CT molecular complexity index is 825. The Morgan fingerprint density at radius 1 is 0.966 bits per heavy atom. The minimum Gasteiger partial charge on any atom is -0.445 e. The first-order valence-electron chi connectivity index (χ1n) is 9.22. The number of alkyl carbamates (subject to hydrolysis) is 1. The van der Waals surface area contributed by atoms with Crippen LogP contribution in [0.15, 0.2) is 60.7 Å². The molecule has 0 spiro atoms. The normalized spacial score (nSPS) is 12.1. The molecule has 0 aliphatic rings. The average Bonchev–Trinajstić information content (AvgIpc) is 2.71. The number of hydrogen-bond acceptors (Lipinski definition) is 4. The van der Waals surface area contributed by atoms with Crippen molar-refractivity contribution in [3.05, 3.63) is 71.8 Å². The van der Waals surface area contributed by atoms with E-state index in [0.29, 0.717) is 24.9 Å². The number of rotatable bonds is 10. The zero-order valence-electron chi connectivity index (χ0n) is 15.9. The predicted octanol–water partition coefficient (Wildman–Crippen LogP) is 3.02. The highest BCUT2D eigenvalue weighted by atomic mass is 31.2. The van der Waals surface area contributed by atoms with Crippen LogP contribution in [-0.4, -0.2) is 34.1 Å². The molecule has 4 N–H and O–H groups in total. The number of ether oxygens (including phenoxy) is 1. The fourth-order valence-electron chi connectivity index (χ4n) is 2.58. The van der Waals surface area contributed by atoms with Gasteiger partial charge in [-0.2, -0.15) is 0 Å². The lowest BCUT2D eigenvalue weighted by Gasteiger charge is -2.20. The van der Waals surface area contributed by atoms with Crippen molar-refractivity contribution in [3.8, 4) is 0 Å².